The summed E-state index contributed by atoms with van der Waals surface area (Å²) in [6, 6.07) is 6.51. The highest BCUT2D eigenvalue weighted by molar-refractivity contribution is 7.43. The van der Waals surface area contributed by atoms with Gasteiger partial charge in [-0.1, -0.05) is 45.3 Å². The van der Waals surface area contributed by atoms with Crippen molar-refractivity contribution in [3.8, 4) is 5.75 Å². The van der Waals surface area contributed by atoms with Gasteiger partial charge < -0.3 is 14.4 Å². The van der Waals surface area contributed by atoms with Gasteiger partial charge in [-0.3, -0.25) is 0 Å². The zero-order chi connectivity index (χ0) is 18.1. The quantitative estimate of drug-likeness (QED) is 0.584. The van der Waals surface area contributed by atoms with Crippen molar-refractivity contribution in [1.29, 1.82) is 0 Å². The maximum absolute atomic E-state index is 6.07. The van der Waals surface area contributed by atoms with Crippen LogP contribution in [0.4, 0.5) is 5.69 Å². The average molecular weight is 365 g/mol. The molecule has 0 aromatic heterocycles. The van der Waals surface area contributed by atoms with E-state index in [1.54, 1.807) is 0 Å². The number of hydrogen-bond acceptors (Lipinski definition) is 3. The predicted octanol–water partition coefficient (Wildman–Crippen LogP) is 3.90. The Labute approximate surface area is 153 Å². The fourth-order valence-corrected chi connectivity index (χ4v) is 3.30. The second kappa shape index (κ2) is 7.52. The molecule has 4 unspecified atom stereocenters. The first kappa shape index (κ1) is 20.0. The Balaban J connectivity index is 2.42. The minimum Gasteiger partial charge on any atom is -0.488 e. The van der Waals surface area contributed by atoms with E-state index in [0.717, 1.165) is 30.9 Å². The molecule has 1 aromatic carbocycles. The Hall–Kier alpha value is -0.295. The molecule has 24 heavy (non-hydrogen) atoms. The third-order valence-electron chi connectivity index (χ3n) is 4.67. The summed E-state index contributed by atoms with van der Waals surface area (Å²) in [5.41, 5.74) is 2.44. The first-order valence-corrected chi connectivity index (χ1v) is 9.78. The number of anilines is 1. The van der Waals surface area contributed by atoms with E-state index in [9.17, 15) is 0 Å². The average Bonchev–Trinajstić information content (AvgIpc) is 2.44. The van der Waals surface area contributed by atoms with Crippen LogP contribution in [0.1, 0.15) is 46.6 Å². The zero-order valence-corrected chi connectivity index (χ0v) is 17.8. The minimum absolute atomic E-state index is 0.0985. The molecule has 2 rings (SSSR count). The molecule has 1 saturated heterocycles. The van der Waals surface area contributed by atoms with Gasteiger partial charge in [-0.2, -0.15) is 0 Å². The van der Waals surface area contributed by atoms with Gasteiger partial charge in [0.2, 0.25) is 0 Å². The van der Waals surface area contributed by atoms with Crippen molar-refractivity contribution in [1.82, 2.24) is 0 Å². The highest BCUT2D eigenvalue weighted by Gasteiger charge is 2.27. The number of morpholine rings is 1. The summed E-state index contributed by atoms with van der Waals surface area (Å²) in [5, 5.41) is 0. The lowest BCUT2D eigenvalue weighted by Gasteiger charge is -2.38. The van der Waals surface area contributed by atoms with Crippen LogP contribution in [0.5, 0.6) is 5.75 Å². The Kier molecular flexibility index (Phi) is 6.28. The van der Waals surface area contributed by atoms with Crippen molar-refractivity contribution < 1.29 is 9.47 Å². The van der Waals surface area contributed by atoms with Crippen LogP contribution < -0.4 is 9.64 Å². The maximum atomic E-state index is 6.07. The number of ether oxygens (including phenoxy) is 2. The molecule has 6 heteroatoms. The van der Waals surface area contributed by atoms with Crippen molar-refractivity contribution in [3.05, 3.63) is 23.8 Å². The van der Waals surface area contributed by atoms with Gasteiger partial charge in [0.05, 0.1) is 22.9 Å². The highest BCUT2D eigenvalue weighted by atomic mass is 31.1. The van der Waals surface area contributed by atoms with Crippen LogP contribution in [0.2, 0.25) is 0 Å². The van der Waals surface area contributed by atoms with E-state index in [0.29, 0.717) is 0 Å². The van der Waals surface area contributed by atoms with Gasteiger partial charge in [0.25, 0.3) is 0 Å². The molecular formula is C18H30BNO2P2. The molecule has 3 nitrogen and oxygen atoms in total. The third-order valence-corrected chi connectivity index (χ3v) is 4.91. The number of rotatable bonds is 5. The molecule has 0 N–H and O–H groups in total. The second-order valence-corrected chi connectivity index (χ2v) is 10.0. The normalized spacial score (nSPS) is 22.5. The molecule has 4 atom stereocenters. The van der Waals surface area contributed by atoms with E-state index in [-0.39, 0.29) is 17.6 Å². The molecule has 132 valence electrons. The molecule has 0 aliphatic carbocycles. The molecule has 2 radical (unpaired) electrons. The molecule has 1 fully saturated rings. The second-order valence-electron chi connectivity index (χ2n) is 7.54. The summed E-state index contributed by atoms with van der Waals surface area (Å²) >= 11 is 0. The van der Waals surface area contributed by atoms with E-state index in [1.165, 1.54) is 5.56 Å². The lowest BCUT2D eigenvalue weighted by molar-refractivity contribution is -0.00535. The van der Waals surface area contributed by atoms with E-state index >= 15 is 0 Å². The van der Waals surface area contributed by atoms with E-state index in [1.807, 2.05) is 0 Å². The molecule has 1 aromatic rings. The van der Waals surface area contributed by atoms with Crippen molar-refractivity contribution >= 4 is 32.0 Å². The summed E-state index contributed by atoms with van der Waals surface area (Å²) in [5.74, 6) is 0.822. The van der Waals surface area contributed by atoms with Gasteiger partial charge in [-0.05, 0) is 43.4 Å². The molecule has 1 aliphatic rings. The molecule has 0 bridgehead atoms. The van der Waals surface area contributed by atoms with Gasteiger partial charge in [-0.25, -0.2) is 0 Å². The SMILES string of the molecule is [B]C(P)(P)Oc1cc(C(C)(C)CC)ccc1N1CC(C)OC(C)C1. The zero-order valence-electron chi connectivity index (χ0n) is 15.5. The Morgan fingerprint density at radius 2 is 1.83 bits per heavy atom. The van der Waals surface area contributed by atoms with Gasteiger partial charge in [0, 0.05) is 13.1 Å². The van der Waals surface area contributed by atoms with E-state index in [4.69, 9.17) is 17.3 Å². The Morgan fingerprint density at radius 3 is 2.33 bits per heavy atom. The van der Waals surface area contributed by atoms with Crippen LogP contribution in [-0.2, 0) is 10.2 Å². The van der Waals surface area contributed by atoms with E-state index < -0.39 is 4.98 Å². The van der Waals surface area contributed by atoms with Crippen LogP contribution in [0, 0.1) is 0 Å². The summed E-state index contributed by atoms with van der Waals surface area (Å²) in [4.78, 5) is 1.45. The molecule has 0 spiro atoms. The summed E-state index contributed by atoms with van der Waals surface area (Å²) < 4.78 is 11.9. The standard InChI is InChI=1S/C18H30BNO2P2/c1-6-17(4,5)14-7-8-15(16(9-14)22-18(19,23)24)20-10-12(2)21-13(3)11-20/h7-9,12-13H,6,10-11,23-24H2,1-5H3. The topological polar surface area (TPSA) is 21.7 Å². The van der Waals surface area contributed by atoms with Gasteiger partial charge in [0.15, 0.2) is 0 Å². The third kappa shape index (κ3) is 5.10. The Morgan fingerprint density at radius 1 is 1.25 bits per heavy atom. The monoisotopic (exact) mass is 365 g/mol. The summed E-state index contributed by atoms with van der Waals surface area (Å²) in [6.07, 6.45) is 1.46. The van der Waals surface area contributed by atoms with Crippen molar-refractivity contribution in [2.45, 2.75) is 63.6 Å². The van der Waals surface area contributed by atoms with Gasteiger partial charge in [-0.15, -0.1) is 0 Å². The molecule has 1 aliphatic heterocycles. The van der Waals surface area contributed by atoms with Crippen LogP contribution in [-0.4, -0.2) is 38.1 Å². The first-order valence-electron chi connectivity index (χ1n) is 8.62. The fraction of sp³-hybridized carbons (Fsp3) is 0.667. The lowest BCUT2D eigenvalue weighted by atomic mass is 9.82. The highest BCUT2D eigenvalue weighted by Crippen LogP contribution is 2.39. The van der Waals surface area contributed by atoms with Crippen LogP contribution in [0.25, 0.3) is 0 Å². The fourth-order valence-electron chi connectivity index (χ4n) is 3.05. The van der Waals surface area contributed by atoms with E-state index in [2.05, 4.69) is 76.2 Å². The smallest absolute Gasteiger partial charge is 0.143 e. The van der Waals surface area contributed by atoms with Crippen molar-refractivity contribution in [2.75, 3.05) is 18.0 Å². The minimum atomic E-state index is -0.882. The van der Waals surface area contributed by atoms with Gasteiger partial charge in [0.1, 0.15) is 13.6 Å². The van der Waals surface area contributed by atoms with Crippen LogP contribution >= 0.6 is 18.5 Å². The predicted molar refractivity (Wildman–Crippen MR) is 111 cm³/mol. The molecule has 1 heterocycles. The van der Waals surface area contributed by atoms with Gasteiger partial charge >= 0.3 is 0 Å². The lowest BCUT2D eigenvalue weighted by Crippen LogP contribution is -2.45. The van der Waals surface area contributed by atoms with Crippen molar-refractivity contribution in [2.24, 2.45) is 0 Å². The van der Waals surface area contributed by atoms with Crippen LogP contribution in [0.15, 0.2) is 18.2 Å². The Bertz CT molecular complexity index is 565. The largest absolute Gasteiger partial charge is 0.488 e. The number of hydrogen-bond donors (Lipinski definition) is 0. The molecule has 0 amide bonds. The number of nitrogens with zero attached hydrogens (tertiary/aromatic N) is 1. The first-order chi connectivity index (χ1) is 11.0. The summed E-state index contributed by atoms with van der Waals surface area (Å²) in [7, 11) is 11.1. The summed E-state index contributed by atoms with van der Waals surface area (Å²) in [6.45, 7) is 12.6. The number of benzene rings is 1. The van der Waals surface area contributed by atoms with Crippen molar-refractivity contribution in [3.63, 3.8) is 0 Å². The van der Waals surface area contributed by atoms with Crippen LogP contribution in [0.3, 0.4) is 0 Å². The maximum Gasteiger partial charge on any atom is 0.143 e. The molecule has 0 saturated carbocycles. The molecular weight excluding hydrogens is 335 g/mol.